The van der Waals surface area contributed by atoms with E-state index in [9.17, 15) is 18.7 Å². The van der Waals surface area contributed by atoms with E-state index in [-0.39, 0.29) is 35.2 Å². The highest BCUT2D eigenvalue weighted by Crippen LogP contribution is 2.40. The number of likely N-dealkylation sites (tertiary alicyclic amines) is 1. The molecule has 2 atom stereocenters. The number of hydrogen-bond acceptors (Lipinski definition) is 7. The van der Waals surface area contributed by atoms with Crippen LogP contribution in [0.25, 0.3) is 0 Å². The fraction of sp³-hybridized carbons (Fsp3) is 0.500. The Morgan fingerprint density at radius 3 is 2.45 bits per heavy atom. The third-order valence-electron chi connectivity index (χ3n) is 6.72. The molecule has 8 nitrogen and oxygen atoms in total. The average Bonchev–Trinajstić information content (AvgIpc) is 3.24. The van der Waals surface area contributed by atoms with Gasteiger partial charge in [-0.2, -0.15) is 0 Å². The summed E-state index contributed by atoms with van der Waals surface area (Å²) in [5.41, 5.74) is 1.63. The van der Waals surface area contributed by atoms with Crippen molar-refractivity contribution in [1.29, 1.82) is 0 Å². The predicted octanol–water partition coefficient (Wildman–Crippen LogP) is 3.90. The van der Waals surface area contributed by atoms with Crippen molar-refractivity contribution in [2.24, 2.45) is 0 Å². The second-order valence-electron chi connectivity index (χ2n) is 9.56. The minimum absolute atomic E-state index is 0.0227. The molecule has 0 unspecified atom stereocenters. The van der Waals surface area contributed by atoms with E-state index in [1.54, 1.807) is 0 Å². The van der Waals surface area contributed by atoms with E-state index < -0.39 is 31.7 Å². The Morgan fingerprint density at radius 1 is 1.08 bits per heavy atom. The second-order valence-corrected chi connectivity index (χ2v) is 10.4. The van der Waals surface area contributed by atoms with E-state index >= 15 is 0 Å². The van der Waals surface area contributed by atoms with Gasteiger partial charge in [0.1, 0.15) is 18.1 Å². The number of benzene rings is 2. The molecule has 0 amide bonds. The highest BCUT2D eigenvalue weighted by molar-refractivity contribution is 6.32. The highest BCUT2D eigenvalue weighted by Gasteiger charge is 2.35. The van der Waals surface area contributed by atoms with Crippen molar-refractivity contribution in [1.82, 2.24) is 10.2 Å². The van der Waals surface area contributed by atoms with Gasteiger partial charge >= 0.3 is 5.97 Å². The summed E-state index contributed by atoms with van der Waals surface area (Å²) < 4.78 is 36.0. The number of hydrogen-bond donors (Lipinski definition) is 3. The van der Waals surface area contributed by atoms with E-state index in [0.717, 1.165) is 37.5 Å². The summed E-state index contributed by atoms with van der Waals surface area (Å²) >= 11 is 12.2. The molecule has 3 N–H and O–H groups in total. The van der Waals surface area contributed by atoms with Crippen LogP contribution in [-0.4, -0.2) is 85.1 Å². The van der Waals surface area contributed by atoms with Crippen LogP contribution in [0.2, 0.25) is 10.0 Å². The highest BCUT2D eigenvalue weighted by atomic mass is 35.5. The van der Waals surface area contributed by atoms with Crippen molar-refractivity contribution in [3.8, 4) is 11.5 Å². The maximum atomic E-state index is 12.7. The minimum atomic E-state index is -2.68. The van der Waals surface area contributed by atoms with Crippen LogP contribution < -0.4 is 19.7 Å². The van der Waals surface area contributed by atoms with Crippen molar-refractivity contribution in [3.63, 3.8) is 0 Å². The third-order valence-corrected chi connectivity index (χ3v) is 7.26. The molecule has 0 saturated carbocycles. The molecule has 2 aliphatic heterocycles. The molecule has 2 fully saturated rings. The number of halogens is 4. The van der Waals surface area contributed by atoms with Crippen molar-refractivity contribution in [2.75, 3.05) is 44.3 Å². The summed E-state index contributed by atoms with van der Waals surface area (Å²) in [5, 5.41) is 24.2. The van der Waals surface area contributed by atoms with Gasteiger partial charge in [-0.1, -0.05) is 35.3 Å². The molecule has 2 heterocycles. The van der Waals surface area contributed by atoms with Crippen molar-refractivity contribution in [2.45, 2.75) is 44.0 Å². The van der Waals surface area contributed by atoms with E-state index in [4.69, 9.17) is 37.8 Å². The molecular weight excluding hydrogens is 543 g/mol. The summed E-state index contributed by atoms with van der Waals surface area (Å²) in [6, 6.07) is 10.6. The van der Waals surface area contributed by atoms with Crippen LogP contribution in [0.5, 0.6) is 11.5 Å². The number of aliphatic carboxylic acids is 1. The zero-order valence-electron chi connectivity index (χ0n) is 20.7. The summed E-state index contributed by atoms with van der Waals surface area (Å²) in [6.45, 7) is 1.91. The van der Waals surface area contributed by atoms with Crippen molar-refractivity contribution < 1.29 is 33.3 Å². The number of alkyl halides is 2. The Labute approximate surface area is 230 Å². The van der Waals surface area contributed by atoms with Gasteiger partial charge in [0.05, 0.1) is 22.9 Å². The number of carboxylic acid groups (broad SMARTS) is 1. The van der Waals surface area contributed by atoms with Gasteiger partial charge in [-0.3, -0.25) is 4.90 Å². The summed E-state index contributed by atoms with van der Waals surface area (Å²) in [7, 11) is 0. The molecule has 208 valence electrons. The fourth-order valence-electron chi connectivity index (χ4n) is 4.85. The number of aliphatic hydroxyl groups excluding tert-OH is 1. The van der Waals surface area contributed by atoms with Crippen LogP contribution in [0, 0.1) is 0 Å². The Hall–Kier alpha value is -2.37. The lowest BCUT2D eigenvalue weighted by Gasteiger charge is -2.34. The van der Waals surface area contributed by atoms with E-state index in [0.29, 0.717) is 12.2 Å². The topological polar surface area (TPSA) is 94.5 Å². The fourth-order valence-corrected chi connectivity index (χ4v) is 5.18. The van der Waals surface area contributed by atoms with Gasteiger partial charge in [0.25, 0.3) is 6.43 Å². The number of β-amino-alcohol motifs (C(OH)–C–C–N with tert-alkyl or cyclic N) is 1. The first kappa shape index (κ1) is 28.6. The molecule has 0 bridgehead atoms. The summed E-state index contributed by atoms with van der Waals surface area (Å²) in [4.78, 5) is 15.3. The monoisotopic (exact) mass is 573 g/mol. The van der Waals surface area contributed by atoms with Gasteiger partial charge in [0, 0.05) is 42.8 Å². The van der Waals surface area contributed by atoms with Gasteiger partial charge < -0.3 is 29.9 Å². The van der Waals surface area contributed by atoms with Gasteiger partial charge in [-0.05, 0) is 43.6 Å². The predicted molar refractivity (Wildman–Crippen MR) is 141 cm³/mol. The number of anilines is 1. The van der Waals surface area contributed by atoms with Crippen LogP contribution in [0.3, 0.4) is 0 Å². The van der Waals surface area contributed by atoms with Crippen LogP contribution >= 0.6 is 23.2 Å². The molecule has 0 aliphatic carbocycles. The van der Waals surface area contributed by atoms with Gasteiger partial charge in [-0.15, -0.1) is 0 Å². The first-order valence-corrected chi connectivity index (χ1v) is 13.2. The number of aliphatic hydroxyl groups is 1. The lowest BCUT2D eigenvalue weighted by atomic mass is 10.0. The standard InChI is InChI=1S/C26H31Cl2F2N3O5/c27-17-3-1-16(2-4-17)11-32-7-5-18(6-8-32)31-20-12-33(13-22(20)34)21-10-23(37-14-25(29)30)19(28)9-24(21)38-15-26(35)36/h1-4,9-10,18,20,22,25,31,34H,5-8,11-15H2,(H,35,36)/t20-,22-/m1/s1. The third kappa shape index (κ3) is 7.83. The zero-order chi connectivity index (χ0) is 27.2. The van der Waals surface area contributed by atoms with E-state index in [1.807, 2.05) is 29.2 Å². The number of nitrogens with one attached hydrogen (secondary N) is 1. The first-order valence-electron chi connectivity index (χ1n) is 12.4. The number of rotatable bonds is 11. The van der Waals surface area contributed by atoms with Crippen molar-refractivity contribution in [3.05, 3.63) is 52.0 Å². The molecule has 2 aromatic carbocycles. The molecule has 2 aliphatic rings. The van der Waals surface area contributed by atoms with E-state index in [1.165, 1.54) is 17.7 Å². The average molecular weight is 574 g/mol. The number of carboxylic acids is 1. The molecule has 12 heteroatoms. The molecule has 2 aromatic rings. The molecule has 2 saturated heterocycles. The van der Waals surface area contributed by atoms with Gasteiger partial charge in [-0.25, -0.2) is 13.6 Å². The van der Waals surface area contributed by atoms with Crippen LogP contribution in [0.1, 0.15) is 18.4 Å². The molecule has 0 aromatic heterocycles. The largest absolute Gasteiger partial charge is 0.486 e. The Kier molecular flexibility index (Phi) is 9.89. The van der Waals surface area contributed by atoms with Gasteiger partial charge in [0.15, 0.2) is 6.61 Å². The lowest BCUT2D eigenvalue weighted by Crippen LogP contribution is -2.49. The summed E-state index contributed by atoms with van der Waals surface area (Å²) in [6.07, 6.45) is -1.53. The Balaban J connectivity index is 1.37. The molecule has 0 radical (unpaired) electrons. The first-order chi connectivity index (χ1) is 18.2. The SMILES string of the molecule is O=C(O)COc1cc(Cl)c(OCC(F)F)cc1N1C[C@@H](O)[C@H](NC2CCN(Cc3ccc(Cl)cc3)CC2)C1. The molecule has 38 heavy (non-hydrogen) atoms. The quantitative estimate of drug-likeness (QED) is 0.372. The maximum Gasteiger partial charge on any atom is 0.341 e. The van der Waals surface area contributed by atoms with Crippen LogP contribution in [0.4, 0.5) is 14.5 Å². The number of carbonyl (C=O) groups is 1. The number of ether oxygens (including phenoxy) is 2. The lowest BCUT2D eigenvalue weighted by molar-refractivity contribution is -0.139. The maximum absolute atomic E-state index is 12.7. The molecular formula is C26H31Cl2F2N3O5. The second kappa shape index (κ2) is 13.1. The van der Waals surface area contributed by atoms with Crippen molar-refractivity contribution >= 4 is 34.9 Å². The van der Waals surface area contributed by atoms with Crippen LogP contribution in [-0.2, 0) is 11.3 Å². The molecule has 0 spiro atoms. The number of piperidine rings is 1. The van der Waals surface area contributed by atoms with E-state index in [2.05, 4.69) is 10.2 Å². The Morgan fingerprint density at radius 2 is 1.79 bits per heavy atom. The smallest absolute Gasteiger partial charge is 0.341 e. The summed E-state index contributed by atoms with van der Waals surface area (Å²) in [5.74, 6) is -0.970. The number of nitrogens with zero attached hydrogens (tertiary/aromatic N) is 2. The van der Waals surface area contributed by atoms with Gasteiger partial charge in [0.2, 0.25) is 0 Å². The molecule has 4 rings (SSSR count). The zero-order valence-corrected chi connectivity index (χ0v) is 22.2. The van der Waals surface area contributed by atoms with Crippen LogP contribution in [0.15, 0.2) is 36.4 Å². The normalized spacial score (nSPS) is 20.7. The minimum Gasteiger partial charge on any atom is -0.486 e. The Bertz CT molecular complexity index is 1090.